The minimum absolute atomic E-state index is 0.0943. The molecule has 2 aromatic rings. The Morgan fingerprint density at radius 2 is 2.04 bits per heavy atom. The number of para-hydroxylation sites is 1. The fourth-order valence-electron chi connectivity index (χ4n) is 3.02. The molecule has 0 bridgehead atoms. The summed E-state index contributed by atoms with van der Waals surface area (Å²) in [6.45, 7) is 5.77. The second-order valence-electron chi connectivity index (χ2n) is 5.89. The number of nitrogens with one attached hydrogen (secondary N) is 1. The molecule has 3 rings (SSSR count). The zero-order chi connectivity index (χ0) is 16.2. The Labute approximate surface area is 135 Å². The maximum atomic E-state index is 12.1. The topological polar surface area (TPSA) is 69.3 Å². The van der Waals surface area contributed by atoms with Gasteiger partial charge in [-0.05, 0) is 18.6 Å². The molecule has 1 aromatic heterocycles. The molecule has 1 N–H and O–H groups in total. The predicted molar refractivity (Wildman–Crippen MR) is 89.1 cm³/mol. The van der Waals surface area contributed by atoms with Crippen LogP contribution in [-0.2, 0) is 11.3 Å². The van der Waals surface area contributed by atoms with Crippen LogP contribution in [-0.4, -0.2) is 51.9 Å². The molecule has 1 amide bonds. The normalized spacial score (nSPS) is 16.5. The third kappa shape index (κ3) is 3.59. The first-order chi connectivity index (χ1) is 11.2. The lowest BCUT2D eigenvalue weighted by Gasteiger charge is -2.21. The summed E-state index contributed by atoms with van der Waals surface area (Å²) in [6.07, 6.45) is 1.50. The second-order valence-corrected chi connectivity index (χ2v) is 5.89. The highest BCUT2D eigenvalue weighted by Crippen LogP contribution is 2.10. The summed E-state index contributed by atoms with van der Waals surface area (Å²) in [6, 6.07) is 7.37. The molecule has 0 radical (unpaired) electrons. The quantitative estimate of drug-likeness (QED) is 0.929. The van der Waals surface area contributed by atoms with Gasteiger partial charge in [0.1, 0.15) is 5.82 Å². The molecule has 0 aliphatic carbocycles. The minimum Gasteiger partial charge on any atom is -0.341 e. The fourth-order valence-corrected chi connectivity index (χ4v) is 3.02. The van der Waals surface area contributed by atoms with Crippen LogP contribution in [0.3, 0.4) is 0 Å². The number of hydrogen-bond acceptors (Lipinski definition) is 4. The van der Waals surface area contributed by atoms with Gasteiger partial charge in [-0.1, -0.05) is 19.1 Å². The molecule has 23 heavy (non-hydrogen) atoms. The standard InChI is InChI=1S/C17H22N4O2/c1-2-16(22)21-9-5-8-20(10-11-21)12-15-18-14-7-4-3-6-13(14)17(23)19-15/h3-4,6-7H,2,5,8-12H2,1H3,(H,18,19,23). The van der Waals surface area contributed by atoms with E-state index in [0.717, 1.165) is 38.1 Å². The van der Waals surface area contributed by atoms with Crippen LogP contribution in [0.25, 0.3) is 10.9 Å². The lowest BCUT2D eigenvalue weighted by Crippen LogP contribution is -2.34. The molecule has 0 atom stereocenters. The molecular formula is C17H22N4O2. The van der Waals surface area contributed by atoms with Gasteiger partial charge in [-0.15, -0.1) is 0 Å². The molecule has 122 valence electrons. The molecule has 2 heterocycles. The third-order valence-corrected chi connectivity index (χ3v) is 4.28. The highest BCUT2D eigenvalue weighted by molar-refractivity contribution is 5.77. The van der Waals surface area contributed by atoms with Crippen LogP contribution in [0.15, 0.2) is 29.1 Å². The average Bonchev–Trinajstić information content (AvgIpc) is 2.80. The minimum atomic E-state index is -0.0943. The van der Waals surface area contributed by atoms with Gasteiger partial charge in [0.15, 0.2) is 0 Å². The van der Waals surface area contributed by atoms with Crippen molar-refractivity contribution in [3.05, 3.63) is 40.4 Å². The van der Waals surface area contributed by atoms with E-state index in [9.17, 15) is 9.59 Å². The number of carbonyl (C=O) groups excluding carboxylic acids is 1. The van der Waals surface area contributed by atoms with E-state index >= 15 is 0 Å². The summed E-state index contributed by atoms with van der Waals surface area (Å²) in [4.78, 5) is 35.5. The van der Waals surface area contributed by atoms with E-state index in [0.29, 0.717) is 24.2 Å². The van der Waals surface area contributed by atoms with Crippen molar-refractivity contribution in [3.8, 4) is 0 Å². The Kier molecular flexibility index (Phi) is 4.71. The van der Waals surface area contributed by atoms with Gasteiger partial charge in [-0.25, -0.2) is 4.98 Å². The van der Waals surface area contributed by atoms with E-state index in [1.165, 1.54) is 0 Å². The van der Waals surface area contributed by atoms with Gasteiger partial charge in [-0.3, -0.25) is 14.5 Å². The van der Waals surface area contributed by atoms with Crippen molar-refractivity contribution in [3.63, 3.8) is 0 Å². The third-order valence-electron chi connectivity index (χ3n) is 4.28. The fraction of sp³-hybridized carbons (Fsp3) is 0.471. The number of fused-ring (bicyclic) bond motifs is 1. The molecule has 6 nitrogen and oxygen atoms in total. The first-order valence-electron chi connectivity index (χ1n) is 8.15. The summed E-state index contributed by atoms with van der Waals surface area (Å²) in [5, 5.41) is 0.617. The van der Waals surface area contributed by atoms with Gasteiger partial charge in [0.05, 0.1) is 17.4 Å². The maximum absolute atomic E-state index is 12.1. The summed E-state index contributed by atoms with van der Waals surface area (Å²) in [7, 11) is 0. The van der Waals surface area contributed by atoms with Crippen LogP contribution in [0.2, 0.25) is 0 Å². The summed E-state index contributed by atoms with van der Waals surface area (Å²) in [5.74, 6) is 0.896. The van der Waals surface area contributed by atoms with Crippen LogP contribution in [0, 0.1) is 0 Å². The molecule has 1 aromatic carbocycles. The van der Waals surface area contributed by atoms with Crippen molar-refractivity contribution in [2.24, 2.45) is 0 Å². The Morgan fingerprint density at radius 1 is 1.22 bits per heavy atom. The van der Waals surface area contributed by atoms with Crippen LogP contribution in [0.4, 0.5) is 0 Å². The molecule has 6 heteroatoms. The van der Waals surface area contributed by atoms with E-state index in [2.05, 4.69) is 14.9 Å². The Bertz CT molecular complexity index is 756. The van der Waals surface area contributed by atoms with E-state index in [-0.39, 0.29) is 11.5 Å². The molecule has 0 unspecified atom stereocenters. The molecule has 1 saturated heterocycles. The Balaban J connectivity index is 1.72. The van der Waals surface area contributed by atoms with E-state index in [1.807, 2.05) is 30.0 Å². The van der Waals surface area contributed by atoms with E-state index < -0.39 is 0 Å². The molecule has 1 aliphatic heterocycles. The van der Waals surface area contributed by atoms with Crippen LogP contribution >= 0.6 is 0 Å². The number of benzene rings is 1. The Hall–Kier alpha value is -2.21. The molecule has 0 spiro atoms. The summed E-state index contributed by atoms with van der Waals surface area (Å²) >= 11 is 0. The number of carbonyl (C=O) groups is 1. The van der Waals surface area contributed by atoms with Crippen molar-refractivity contribution in [1.82, 2.24) is 19.8 Å². The highest BCUT2D eigenvalue weighted by atomic mass is 16.2. The van der Waals surface area contributed by atoms with Crippen molar-refractivity contribution in [2.75, 3.05) is 26.2 Å². The predicted octanol–water partition coefficient (Wildman–Crippen LogP) is 1.37. The SMILES string of the molecule is CCC(=O)N1CCCN(Cc2nc3ccccc3c(=O)[nH]2)CC1. The second kappa shape index (κ2) is 6.91. The maximum Gasteiger partial charge on any atom is 0.258 e. The molecule has 1 fully saturated rings. The molecular weight excluding hydrogens is 292 g/mol. The van der Waals surface area contributed by atoms with Crippen molar-refractivity contribution in [1.29, 1.82) is 0 Å². The first kappa shape index (κ1) is 15.7. The van der Waals surface area contributed by atoms with Gasteiger partial charge in [0, 0.05) is 32.6 Å². The van der Waals surface area contributed by atoms with Gasteiger partial charge in [-0.2, -0.15) is 0 Å². The van der Waals surface area contributed by atoms with Crippen molar-refractivity contribution >= 4 is 16.8 Å². The van der Waals surface area contributed by atoms with Gasteiger partial charge < -0.3 is 9.88 Å². The largest absolute Gasteiger partial charge is 0.341 e. The van der Waals surface area contributed by atoms with E-state index in [1.54, 1.807) is 6.07 Å². The number of aromatic nitrogens is 2. The average molecular weight is 314 g/mol. The number of hydrogen-bond donors (Lipinski definition) is 1. The number of H-pyrrole nitrogens is 1. The Morgan fingerprint density at radius 3 is 2.87 bits per heavy atom. The lowest BCUT2D eigenvalue weighted by atomic mass is 10.2. The zero-order valence-corrected chi connectivity index (χ0v) is 13.4. The smallest absolute Gasteiger partial charge is 0.258 e. The van der Waals surface area contributed by atoms with Gasteiger partial charge in [0.25, 0.3) is 5.56 Å². The highest BCUT2D eigenvalue weighted by Gasteiger charge is 2.18. The van der Waals surface area contributed by atoms with Gasteiger partial charge >= 0.3 is 0 Å². The number of rotatable bonds is 3. The zero-order valence-electron chi connectivity index (χ0n) is 13.4. The first-order valence-corrected chi connectivity index (χ1v) is 8.15. The molecule has 0 saturated carbocycles. The number of amides is 1. The van der Waals surface area contributed by atoms with Crippen molar-refractivity contribution in [2.45, 2.75) is 26.3 Å². The monoisotopic (exact) mass is 314 g/mol. The van der Waals surface area contributed by atoms with Crippen LogP contribution in [0.5, 0.6) is 0 Å². The summed E-state index contributed by atoms with van der Waals surface area (Å²) < 4.78 is 0. The number of nitrogens with zero attached hydrogens (tertiary/aromatic N) is 3. The lowest BCUT2D eigenvalue weighted by molar-refractivity contribution is -0.130. The molecule has 1 aliphatic rings. The van der Waals surface area contributed by atoms with Crippen LogP contribution < -0.4 is 5.56 Å². The van der Waals surface area contributed by atoms with Crippen LogP contribution in [0.1, 0.15) is 25.6 Å². The van der Waals surface area contributed by atoms with Gasteiger partial charge in [0.2, 0.25) is 5.91 Å². The van der Waals surface area contributed by atoms with E-state index in [4.69, 9.17) is 0 Å². The summed E-state index contributed by atoms with van der Waals surface area (Å²) in [5.41, 5.74) is 0.632. The van der Waals surface area contributed by atoms with Crippen molar-refractivity contribution < 1.29 is 4.79 Å². The number of aromatic amines is 1.